The molecule has 2 rings (SSSR count). The van der Waals surface area contributed by atoms with Crippen LogP contribution in [0.15, 0.2) is 6.20 Å². The molecule has 23 heavy (non-hydrogen) atoms. The highest BCUT2D eigenvalue weighted by Gasteiger charge is 2.23. The van der Waals surface area contributed by atoms with Crippen molar-refractivity contribution in [2.45, 2.75) is 53.0 Å². The first-order chi connectivity index (χ1) is 10.9. The number of amides is 1. The molecule has 1 amide bonds. The molecule has 1 aliphatic heterocycles. The molecule has 1 aromatic rings. The highest BCUT2D eigenvalue weighted by molar-refractivity contribution is 5.76. The smallest absolute Gasteiger partial charge is 0.358 e. The van der Waals surface area contributed by atoms with Gasteiger partial charge in [-0.1, -0.05) is 13.8 Å². The van der Waals surface area contributed by atoms with Gasteiger partial charge in [-0.05, 0) is 41.0 Å². The fourth-order valence-electron chi connectivity index (χ4n) is 3.22. The predicted molar refractivity (Wildman–Crippen MR) is 87.0 cm³/mol. The monoisotopic (exact) mass is 322 g/mol. The average Bonchev–Trinajstić information content (AvgIpc) is 2.72. The molecule has 0 saturated carbocycles. The van der Waals surface area contributed by atoms with E-state index in [1.807, 2.05) is 4.90 Å². The summed E-state index contributed by atoms with van der Waals surface area (Å²) in [7, 11) is 0. The number of nitro groups is 1. The molecule has 1 fully saturated rings. The van der Waals surface area contributed by atoms with Crippen LogP contribution in [0.5, 0.6) is 0 Å². The minimum absolute atomic E-state index is 0.130. The first kappa shape index (κ1) is 17.4. The predicted octanol–water partition coefficient (Wildman–Crippen LogP) is 2.77. The van der Waals surface area contributed by atoms with Crippen LogP contribution in [0.4, 0.5) is 5.82 Å². The van der Waals surface area contributed by atoms with E-state index in [2.05, 4.69) is 18.8 Å². The van der Waals surface area contributed by atoms with Crippen molar-refractivity contribution in [3.8, 4) is 0 Å². The lowest BCUT2D eigenvalue weighted by Gasteiger charge is -2.21. The Labute approximate surface area is 136 Å². The number of carbonyl (C=O) groups excluding carboxylic acids is 1. The molecule has 1 aliphatic rings. The van der Waals surface area contributed by atoms with Gasteiger partial charge >= 0.3 is 5.82 Å². The van der Waals surface area contributed by atoms with E-state index in [-0.39, 0.29) is 11.7 Å². The summed E-state index contributed by atoms with van der Waals surface area (Å²) in [5.41, 5.74) is 0. The fraction of sp³-hybridized carbons (Fsp3) is 0.750. The largest absolute Gasteiger partial charge is 0.381 e. The maximum atomic E-state index is 12.4. The van der Waals surface area contributed by atoms with Crippen molar-refractivity contribution in [2.24, 2.45) is 11.8 Å². The lowest BCUT2D eigenvalue weighted by molar-refractivity contribution is -0.389. The number of likely N-dealkylation sites (tertiary alicyclic amines) is 1. The van der Waals surface area contributed by atoms with Crippen LogP contribution >= 0.6 is 0 Å². The number of hydrogen-bond acceptors (Lipinski definition) is 4. The number of carbonyl (C=O) groups is 1. The van der Waals surface area contributed by atoms with Crippen molar-refractivity contribution in [2.75, 3.05) is 13.1 Å². The molecule has 0 N–H and O–H groups in total. The van der Waals surface area contributed by atoms with Gasteiger partial charge in [0.05, 0.1) is 0 Å². The average molecular weight is 322 g/mol. The van der Waals surface area contributed by atoms with Crippen molar-refractivity contribution < 1.29 is 9.72 Å². The number of nitrogens with zero attached hydrogens (tertiary/aromatic N) is 4. The summed E-state index contributed by atoms with van der Waals surface area (Å²) < 4.78 is 1.69. The first-order valence-corrected chi connectivity index (χ1v) is 8.34. The van der Waals surface area contributed by atoms with E-state index in [9.17, 15) is 14.9 Å². The third kappa shape index (κ3) is 4.53. The van der Waals surface area contributed by atoms with Crippen LogP contribution in [0, 0.1) is 28.9 Å². The van der Waals surface area contributed by atoms with E-state index in [0.29, 0.717) is 30.6 Å². The summed E-state index contributed by atoms with van der Waals surface area (Å²) in [5.74, 6) is 1.90. The van der Waals surface area contributed by atoms with Gasteiger partial charge < -0.3 is 19.6 Å². The van der Waals surface area contributed by atoms with Crippen molar-refractivity contribution in [1.29, 1.82) is 0 Å². The normalized spacial score (nSPS) is 19.0. The molecule has 7 nitrogen and oxygen atoms in total. The number of hydrogen-bond donors (Lipinski definition) is 0. The van der Waals surface area contributed by atoms with Gasteiger partial charge in [0.25, 0.3) is 0 Å². The molecule has 0 bridgehead atoms. The quantitative estimate of drug-likeness (QED) is 0.616. The van der Waals surface area contributed by atoms with E-state index in [0.717, 1.165) is 25.9 Å². The van der Waals surface area contributed by atoms with Crippen molar-refractivity contribution in [1.82, 2.24) is 14.5 Å². The number of imidazole rings is 1. The molecule has 0 aromatic carbocycles. The zero-order valence-corrected chi connectivity index (χ0v) is 14.2. The molecular formula is C16H26N4O3. The molecule has 0 radical (unpaired) electrons. The summed E-state index contributed by atoms with van der Waals surface area (Å²) >= 11 is 0. The van der Waals surface area contributed by atoms with Crippen LogP contribution in [0.1, 0.15) is 45.4 Å². The van der Waals surface area contributed by atoms with Crippen LogP contribution in [-0.4, -0.2) is 38.4 Å². The Morgan fingerprint density at radius 1 is 1.43 bits per heavy atom. The van der Waals surface area contributed by atoms with Gasteiger partial charge in [-0.2, -0.15) is 0 Å². The van der Waals surface area contributed by atoms with Gasteiger partial charge in [-0.15, -0.1) is 0 Å². The molecule has 1 saturated heterocycles. The Kier molecular flexibility index (Phi) is 5.74. The third-order valence-electron chi connectivity index (χ3n) is 4.79. The number of rotatable bonds is 5. The Morgan fingerprint density at radius 3 is 2.78 bits per heavy atom. The second kappa shape index (κ2) is 7.57. The molecule has 7 heteroatoms. The summed E-state index contributed by atoms with van der Waals surface area (Å²) in [6.45, 7) is 8.30. The van der Waals surface area contributed by atoms with Crippen LogP contribution < -0.4 is 0 Å². The lowest BCUT2D eigenvalue weighted by Crippen LogP contribution is -2.32. The van der Waals surface area contributed by atoms with Gasteiger partial charge in [0.15, 0.2) is 0 Å². The molecule has 1 aromatic heterocycles. The molecule has 1 atom stereocenters. The lowest BCUT2D eigenvalue weighted by atomic mass is 9.89. The Bertz CT molecular complexity index is 568. The zero-order chi connectivity index (χ0) is 17.0. The van der Waals surface area contributed by atoms with Gasteiger partial charge in [0.2, 0.25) is 11.7 Å². The summed E-state index contributed by atoms with van der Waals surface area (Å²) in [4.78, 5) is 28.5. The van der Waals surface area contributed by atoms with Crippen LogP contribution in [0.3, 0.4) is 0 Å². The fourth-order valence-corrected chi connectivity index (χ4v) is 3.22. The Hall–Kier alpha value is -1.92. The Morgan fingerprint density at radius 2 is 2.17 bits per heavy atom. The van der Waals surface area contributed by atoms with Gasteiger partial charge in [0.1, 0.15) is 6.20 Å². The topological polar surface area (TPSA) is 81.3 Å². The van der Waals surface area contributed by atoms with Gasteiger partial charge in [0, 0.05) is 33.0 Å². The molecular weight excluding hydrogens is 296 g/mol. The minimum atomic E-state index is -0.508. The van der Waals surface area contributed by atoms with E-state index >= 15 is 0 Å². The molecule has 0 spiro atoms. The number of aryl methyl sites for hydroxylation is 2. The van der Waals surface area contributed by atoms with Crippen molar-refractivity contribution in [3.63, 3.8) is 0 Å². The molecule has 0 aliphatic carbocycles. The van der Waals surface area contributed by atoms with E-state index in [1.54, 1.807) is 11.5 Å². The highest BCUT2D eigenvalue weighted by atomic mass is 16.6. The second-order valence-electron chi connectivity index (χ2n) is 6.66. The summed E-state index contributed by atoms with van der Waals surface area (Å²) in [6.07, 6.45) is 5.08. The van der Waals surface area contributed by atoms with Crippen molar-refractivity contribution >= 4 is 11.7 Å². The maximum Gasteiger partial charge on any atom is 0.381 e. The highest BCUT2D eigenvalue weighted by Crippen LogP contribution is 2.24. The van der Waals surface area contributed by atoms with E-state index in [4.69, 9.17) is 0 Å². The standard InChI is InChI=1S/C16H26N4O3/c1-12(2)14-5-4-8-18(9-6-14)16(21)7-10-19-11-15(20(22)23)17-13(19)3/h11-12,14H,4-10H2,1-3H3. The van der Waals surface area contributed by atoms with Crippen LogP contribution in [-0.2, 0) is 11.3 Å². The van der Waals surface area contributed by atoms with Gasteiger partial charge in [-0.3, -0.25) is 4.79 Å². The maximum absolute atomic E-state index is 12.4. The number of aromatic nitrogens is 2. The summed E-state index contributed by atoms with van der Waals surface area (Å²) in [6, 6.07) is 0. The van der Waals surface area contributed by atoms with E-state index in [1.165, 1.54) is 12.6 Å². The second-order valence-corrected chi connectivity index (χ2v) is 6.66. The zero-order valence-electron chi connectivity index (χ0n) is 14.2. The molecule has 1 unspecified atom stereocenters. The molecule has 2 heterocycles. The minimum Gasteiger partial charge on any atom is -0.358 e. The van der Waals surface area contributed by atoms with Crippen LogP contribution in [0.2, 0.25) is 0 Å². The SMILES string of the molecule is Cc1nc([N+](=O)[O-])cn1CCC(=O)N1CCCC(C(C)C)CC1. The van der Waals surface area contributed by atoms with Crippen molar-refractivity contribution in [3.05, 3.63) is 22.1 Å². The van der Waals surface area contributed by atoms with Gasteiger partial charge in [-0.25, -0.2) is 0 Å². The summed E-state index contributed by atoms with van der Waals surface area (Å²) in [5, 5.41) is 10.7. The Balaban J connectivity index is 1.88. The van der Waals surface area contributed by atoms with Crippen LogP contribution in [0.25, 0.3) is 0 Å². The first-order valence-electron chi connectivity index (χ1n) is 8.34. The van der Waals surface area contributed by atoms with E-state index < -0.39 is 4.92 Å². The molecule has 128 valence electrons. The third-order valence-corrected chi connectivity index (χ3v) is 4.79.